The molecule has 4 rings (SSSR count). The van der Waals surface area contributed by atoms with Crippen LogP contribution in [0.2, 0.25) is 0 Å². The summed E-state index contributed by atoms with van der Waals surface area (Å²) < 4.78 is 42.7. The van der Waals surface area contributed by atoms with E-state index in [1.54, 1.807) is 6.92 Å². The number of aromatic nitrogens is 3. The Morgan fingerprint density at radius 3 is 2.24 bits per heavy atom. The van der Waals surface area contributed by atoms with Crippen LogP contribution in [0.5, 0.6) is 0 Å². The molecular formula is C33H43FN8O6S. The molecule has 0 bridgehead atoms. The molecule has 0 unspecified atom stereocenters. The van der Waals surface area contributed by atoms with E-state index in [9.17, 15) is 32.0 Å². The van der Waals surface area contributed by atoms with Crippen LogP contribution >= 0.6 is 0 Å². The fraction of sp³-hybridized carbons (Fsp3) is 0.455. The van der Waals surface area contributed by atoms with Gasteiger partial charge in [-0.15, -0.1) is 0 Å². The summed E-state index contributed by atoms with van der Waals surface area (Å²) in [6.45, 7) is 6.02. The molecule has 16 heteroatoms. The zero-order valence-corrected chi connectivity index (χ0v) is 28.8. The number of carbonyl (C=O) groups is 4. The lowest BCUT2D eigenvalue weighted by Crippen LogP contribution is -2.54. The van der Waals surface area contributed by atoms with E-state index in [4.69, 9.17) is 0 Å². The van der Waals surface area contributed by atoms with Gasteiger partial charge >= 0.3 is 0 Å². The Morgan fingerprint density at radius 1 is 0.878 bits per heavy atom. The Balaban J connectivity index is 1.63. The lowest BCUT2D eigenvalue weighted by atomic mass is 10.0. The van der Waals surface area contributed by atoms with Gasteiger partial charge in [0.15, 0.2) is 5.82 Å². The first-order valence-corrected chi connectivity index (χ1v) is 17.7. The van der Waals surface area contributed by atoms with Crippen LogP contribution in [0.3, 0.4) is 0 Å². The summed E-state index contributed by atoms with van der Waals surface area (Å²) >= 11 is 0. The van der Waals surface area contributed by atoms with Crippen LogP contribution in [0.4, 0.5) is 4.39 Å². The summed E-state index contributed by atoms with van der Waals surface area (Å²) in [6, 6.07) is 11.3. The van der Waals surface area contributed by atoms with Crippen molar-refractivity contribution < 1.29 is 32.0 Å². The van der Waals surface area contributed by atoms with Gasteiger partial charge in [0.05, 0.1) is 18.3 Å². The Morgan fingerprint density at radius 2 is 1.57 bits per heavy atom. The van der Waals surface area contributed by atoms with Crippen molar-refractivity contribution in [2.45, 2.75) is 71.0 Å². The third kappa shape index (κ3) is 10.6. The van der Waals surface area contributed by atoms with E-state index in [1.807, 2.05) is 44.2 Å². The smallest absolute Gasteiger partial charge is 0.243 e. The van der Waals surface area contributed by atoms with Crippen LogP contribution in [-0.4, -0.2) is 82.8 Å². The van der Waals surface area contributed by atoms with Crippen LogP contribution in [0, 0.1) is 11.7 Å². The standard InChI is InChI=1S/C33H43FN8O6S/c1-21(2)17-27-33(46)37-22(3)31-39-30(25-9-6-5-7-10-25)40-42(31)19-28(43)35-15-8-16-41(18-29(44)36-23(4)32(45)38-27)49(47,48)20-24-11-13-26(34)14-12-24/h5-7,9-14,21-23,27H,8,15-20H2,1-4H3,(H,35,43)(H,36,44)(H,37,46)(H,38,45)/t22-,23+,27+/m0/s1. The number of fused-ring (bicyclic) bond motifs is 1. The maximum Gasteiger partial charge on any atom is 0.243 e. The first kappa shape index (κ1) is 37.1. The van der Waals surface area contributed by atoms with Gasteiger partial charge in [0.25, 0.3) is 0 Å². The maximum absolute atomic E-state index is 13.5. The topological polar surface area (TPSA) is 184 Å². The number of carbonyl (C=O) groups excluding carboxylic acids is 4. The van der Waals surface area contributed by atoms with Crippen LogP contribution in [0.15, 0.2) is 54.6 Å². The second-order valence-corrected chi connectivity index (χ2v) is 14.4. The van der Waals surface area contributed by atoms with Crippen molar-refractivity contribution in [2.24, 2.45) is 5.92 Å². The molecular weight excluding hydrogens is 655 g/mol. The molecule has 4 amide bonds. The molecule has 0 saturated heterocycles. The van der Waals surface area contributed by atoms with Crippen molar-refractivity contribution in [3.05, 3.63) is 71.8 Å². The minimum absolute atomic E-state index is 0.00904. The first-order valence-electron chi connectivity index (χ1n) is 16.1. The summed E-state index contributed by atoms with van der Waals surface area (Å²) in [5.41, 5.74) is 1.03. The van der Waals surface area contributed by atoms with Crippen molar-refractivity contribution in [3.63, 3.8) is 0 Å². The molecule has 1 aliphatic rings. The van der Waals surface area contributed by atoms with Crippen molar-refractivity contribution in [1.82, 2.24) is 40.3 Å². The maximum atomic E-state index is 13.5. The monoisotopic (exact) mass is 698 g/mol. The number of sulfonamides is 1. The second kappa shape index (κ2) is 16.6. The number of amides is 4. The fourth-order valence-corrected chi connectivity index (χ4v) is 6.78. The summed E-state index contributed by atoms with van der Waals surface area (Å²) in [4.78, 5) is 57.6. The minimum atomic E-state index is -4.10. The van der Waals surface area contributed by atoms with Gasteiger partial charge in [-0.05, 0) is 50.3 Å². The average molecular weight is 699 g/mol. The predicted molar refractivity (Wildman–Crippen MR) is 179 cm³/mol. The molecule has 4 N–H and O–H groups in total. The number of hydrogen-bond donors (Lipinski definition) is 4. The molecule has 0 aliphatic carbocycles. The fourth-order valence-electron chi connectivity index (χ4n) is 5.27. The van der Waals surface area contributed by atoms with Crippen molar-refractivity contribution in [2.75, 3.05) is 19.6 Å². The van der Waals surface area contributed by atoms with E-state index >= 15 is 0 Å². The second-order valence-electron chi connectivity index (χ2n) is 12.4. The molecule has 1 aromatic heterocycles. The van der Waals surface area contributed by atoms with Crippen molar-refractivity contribution in [3.8, 4) is 11.4 Å². The van der Waals surface area contributed by atoms with Crippen LogP contribution < -0.4 is 21.3 Å². The van der Waals surface area contributed by atoms with Gasteiger partial charge < -0.3 is 21.3 Å². The Kier molecular flexibility index (Phi) is 12.6. The Hall–Kier alpha value is -4.70. The highest BCUT2D eigenvalue weighted by Gasteiger charge is 2.30. The van der Waals surface area contributed by atoms with Crippen LogP contribution in [-0.2, 0) is 41.5 Å². The quantitative estimate of drug-likeness (QED) is 0.300. The van der Waals surface area contributed by atoms with Crippen molar-refractivity contribution >= 4 is 33.7 Å². The van der Waals surface area contributed by atoms with Gasteiger partial charge in [0.1, 0.15) is 30.3 Å². The summed E-state index contributed by atoms with van der Waals surface area (Å²) in [5.74, 6) is -2.64. The third-order valence-electron chi connectivity index (χ3n) is 7.76. The number of rotatable bonds is 6. The van der Waals surface area contributed by atoms with E-state index in [0.29, 0.717) is 22.8 Å². The average Bonchev–Trinajstić information content (AvgIpc) is 3.46. The van der Waals surface area contributed by atoms with E-state index in [1.165, 1.54) is 23.7 Å². The molecule has 2 heterocycles. The lowest BCUT2D eigenvalue weighted by molar-refractivity contribution is -0.132. The predicted octanol–water partition coefficient (Wildman–Crippen LogP) is 1.65. The lowest BCUT2D eigenvalue weighted by Gasteiger charge is -2.25. The van der Waals surface area contributed by atoms with Crippen LogP contribution in [0.1, 0.15) is 58.0 Å². The van der Waals surface area contributed by atoms with Gasteiger partial charge in [0.2, 0.25) is 33.7 Å². The van der Waals surface area contributed by atoms with Gasteiger partial charge in [-0.1, -0.05) is 56.3 Å². The summed E-state index contributed by atoms with van der Waals surface area (Å²) in [5, 5.41) is 15.4. The van der Waals surface area contributed by atoms with Gasteiger partial charge in [-0.3, -0.25) is 19.2 Å². The van der Waals surface area contributed by atoms with Gasteiger partial charge in [-0.2, -0.15) is 9.40 Å². The van der Waals surface area contributed by atoms with Gasteiger partial charge in [-0.25, -0.2) is 22.5 Å². The molecule has 264 valence electrons. The van der Waals surface area contributed by atoms with E-state index in [0.717, 1.165) is 16.4 Å². The molecule has 0 spiro atoms. The normalized spacial score (nSPS) is 21.0. The molecule has 3 aromatic rings. The van der Waals surface area contributed by atoms with Gasteiger partial charge in [0, 0.05) is 18.7 Å². The highest BCUT2D eigenvalue weighted by molar-refractivity contribution is 7.88. The molecule has 14 nitrogen and oxygen atoms in total. The van der Waals surface area contributed by atoms with Crippen LogP contribution in [0.25, 0.3) is 11.4 Å². The number of nitrogens with zero attached hydrogens (tertiary/aromatic N) is 4. The zero-order chi connectivity index (χ0) is 35.7. The third-order valence-corrected chi connectivity index (χ3v) is 9.56. The van der Waals surface area contributed by atoms with E-state index in [-0.39, 0.29) is 38.4 Å². The number of nitrogens with one attached hydrogen (secondary N) is 4. The number of benzene rings is 2. The summed E-state index contributed by atoms with van der Waals surface area (Å²) in [7, 11) is -4.10. The Labute approximate surface area is 285 Å². The first-order chi connectivity index (χ1) is 23.2. The molecule has 1 aliphatic heterocycles. The molecule has 0 radical (unpaired) electrons. The largest absolute Gasteiger partial charge is 0.354 e. The number of halogens is 1. The number of hydrogen-bond acceptors (Lipinski definition) is 8. The Bertz CT molecular complexity index is 1730. The zero-order valence-electron chi connectivity index (χ0n) is 28.0. The molecule has 3 atom stereocenters. The van der Waals surface area contributed by atoms with E-state index in [2.05, 4.69) is 31.3 Å². The highest BCUT2D eigenvalue weighted by atomic mass is 32.2. The minimum Gasteiger partial charge on any atom is -0.354 e. The molecule has 0 saturated carbocycles. The SMILES string of the molecule is CC(C)C[C@H]1NC(=O)[C@@H](C)NC(=O)CN(S(=O)(=O)Cc2ccc(F)cc2)CCCNC(=O)Cn2nc(-c3ccccc3)nc2[C@H](C)NC1=O. The highest BCUT2D eigenvalue weighted by Crippen LogP contribution is 2.20. The molecule has 0 fully saturated rings. The molecule has 49 heavy (non-hydrogen) atoms. The molecule has 2 aromatic carbocycles. The summed E-state index contributed by atoms with van der Waals surface area (Å²) in [6.07, 6.45) is 0.436. The van der Waals surface area contributed by atoms with Crippen molar-refractivity contribution in [1.29, 1.82) is 0 Å². The van der Waals surface area contributed by atoms with E-state index < -0.39 is 69.9 Å².